The Hall–Kier alpha value is -3.04. The number of amides is 3. The molecule has 0 fully saturated rings. The molecule has 2 aromatic rings. The second kappa shape index (κ2) is 9.19. The van der Waals surface area contributed by atoms with E-state index in [1.54, 1.807) is 27.0 Å². The Kier molecular flexibility index (Phi) is 6.63. The highest BCUT2D eigenvalue weighted by Gasteiger charge is 2.35. The highest BCUT2D eigenvalue weighted by atomic mass is 32.1. The first-order valence-electron chi connectivity index (χ1n) is 9.45. The standard InChI is InChI=1S/C21H22N2O6S/c1-4-29-21(27)17-12(2)10-16(30-17)22-18(24)13-6-7-14-15(11-13)20(26)23(19(14)25)8-5-9-28-3/h6-7,10-11H,4-5,8-9H2,1-3H3,(H,22,24). The molecule has 2 heterocycles. The minimum Gasteiger partial charge on any atom is -0.462 e. The van der Waals surface area contributed by atoms with Crippen LogP contribution in [0.2, 0.25) is 0 Å². The number of carbonyl (C=O) groups excluding carboxylic acids is 4. The number of imide groups is 1. The fraction of sp³-hybridized carbons (Fsp3) is 0.333. The van der Waals surface area contributed by atoms with Crippen LogP contribution < -0.4 is 5.32 Å². The predicted octanol–water partition coefficient (Wildman–Crippen LogP) is 3.12. The SMILES string of the molecule is CCOC(=O)c1sc(NC(=O)c2ccc3c(c2)C(=O)N(CCCOC)C3=O)cc1C. The largest absolute Gasteiger partial charge is 0.462 e. The van der Waals surface area contributed by atoms with E-state index in [0.29, 0.717) is 28.5 Å². The third kappa shape index (κ3) is 4.27. The lowest BCUT2D eigenvalue weighted by Crippen LogP contribution is -2.31. The Bertz CT molecular complexity index is 1010. The Labute approximate surface area is 177 Å². The third-order valence-corrected chi connectivity index (χ3v) is 5.71. The van der Waals surface area contributed by atoms with Crippen LogP contribution in [-0.2, 0) is 9.47 Å². The summed E-state index contributed by atoms with van der Waals surface area (Å²) >= 11 is 1.12. The number of thiophene rings is 1. The van der Waals surface area contributed by atoms with Gasteiger partial charge in [-0.2, -0.15) is 0 Å². The molecule has 30 heavy (non-hydrogen) atoms. The summed E-state index contributed by atoms with van der Waals surface area (Å²) < 4.78 is 9.97. The first kappa shape index (κ1) is 21.7. The number of carbonyl (C=O) groups is 4. The first-order chi connectivity index (χ1) is 14.4. The number of aryl methyl sites for hydroxylation is 1. The number of esters is 1. The van der Waals surface area contributed by atoms with Crippen molar-refractivity contribution in [2.75, 3.05) is 32.2 Å². The number of anilines is 1. The van der Waals surface area contributed by atoms with Gasteiger partial charge in [-0.05, 0) is 50.1 Å². The van der Waals surface area contributed by atoms with Crippen molar-refractivity contribution in [3.8, 4) is 0 Å². The summed E-state index contributed by atoms with van der Waals surface area (Å²) in [4.78, 5) is 51.3. The molecule has 1 aromatic carbocycles. The van der Waals surface area contributed by atoms with Gasteiger partial charge in [-0.15, -0.1) is 11.3 Å². The predicted molar refractivity (Wildman–Crippen MR) is 111 cm³/mol. The van der Waals surface area contributed by atoms with E-state index in [0.717, 1.165) is 11.3 Å². The number of hydrogen-bond acceptors (Lipinski definition) is 7. The fourth-order valence-electron chi connectivity index (χ4n) is 3.13. The summed E-state index contributed by atoms with van der Waals surface area (Å²) in [5, 5.41) is 3.22. The summed E-state index contributed by atoms with van der Waals surface area (Å²) in [6.07, 6.45) is 0.538. The van der Waals surface area contributed by atoms with Crippen molar-refractivity contribution in [3.63, 3.8) is 0 Å². The van der Waals surface area contributed by atoms with Gasteiger partial charge < -0.3 is 14.8 Å². The molecule has 0 spiro atoms. The van der Waals surface area contributed by atoms with Crippen LogP contribution in [0.5, 0.6) is 0 Å². The van der Waals surface area contributed by atoms with Gasteiger partial charge in [0.25, 0.3) is 17.7 Å². The van der Waals surface area contributed by atoms with Crippen LogP contribution in [0.3, 0.4) is 0 Å². The highest BCUT2D eigenvalue weighted by molar-refractivity contribution is 7.18. The number of rotatable bonds is 8. The van der Waals surface area contributed by atoms with E-state index in [1.165, 1.54) is 23.1 Å². The van der Waals surface area contributed by atoms with Crippen LogP contribution in [0.25, 0.3) is 0 Å². The Morgan fingerprint density at radius 1 is 1.13 bits per heavy atom. The van der Waals surface area contributed by atoms with Gasteiger partial charge in [-0.1, -0.05) is 0 Å². The molecule has 158 valence electrons. The maximum absolute atomic E-state index is 12.7. The number of benzene rings is 1. The molecule has 3 rings (SSSR count). The summed E-state index contributed by atoms with van der Waals surface area (Å²) in [7, 11) is 1.55. The van der Waals surface area contributed by atoms with Gasteiger partial charge in [0.15, 0.2) is 0 Å². The summed E-state index contributed by atoms with van der Waals surface area (Å²) in [6.45, 7) is 4.45. The molecule has 0 saturated heterocycles. The summed E-state index contributed by atoms with van der Waals surface area (Å²) in [6, 6.07) is 6.11. The molecule has 1 aromatic heterocycles. The lowest BCUT2D eigenvalue weighted by atomic mass is 10.1. The molecule has 8 nitrogen and oxygen atoms in total. The average Bonchev–Trinajstić information content (AvgIpc) is 3.20. The summed E-state index contributed by atoms with van der Waals surface area (Å²) in [5.74, 6) is -1.66. The van der Waals surface area contributed by atoms with E-state index >= 15 is 0 Å². The van der Waals surface area contributed by atoms with Crippen molar-refractivity contribution in [2.45, 2.75) is 20.3 Å². The molecule has 9 heteroatoms. The molecule has 0 radical (unpaired) electrons. The molecule has 0 bridgehead atoms. The molecular weight excluding hydrogens is 408 g/mol. The molecule has 1 aliphatic rings. The zero-order valence-electron chi connectivity index (χ0n) is 16.9. The van der Waals surface area contributed by atoms with Crippen molar-refractivity contribution >= 4 is 40.0 Å². The normalized spacial score (nSPS) is 12.8. The van der Waals surface area contributed by atoms with Crippen LogP contribution in [0.4, 0.5) is 5.00 Å². The Morgan fingerprint density at radius 2 is 1.87 bits per heavy atom. The lowest BCUT2D eigenvalue weighted by molar-refractivity contribution is 0.0530. The molecule has 0 unspecified atom stereocenters. The maximum Gasteiger partial charge on any atom is 0.348 e. The number of nitrogens with one attached hydrogen (secondary N) is 1. The van der Waals surface area contributed by atoms with Crippen molar-refractivity contribution in [3.05, 3.63) is 51.4 Å². The van der Waals surface area contributed by atoms with Gasteiger partial charge in [-0.3, -0.25) is 19.3 Å². The first-order valence-corrected chi connectivity index (χ1v) is 10.3. The zero-order chi connectivity index (χ0) is 21.8. The molecule has 3 amide bonds. The Balaban J connectivity index is 1.75. The van der Waals surface area contributed by atoms with Gasteiger partial charge in [0.05, 0.1) is 22.7 Å². The monoisotopic (exact) mass is 430 g/mol. The van der Waals surface area contributed by atoms with Crippen LogP contribution >= 0.6 is 11.3 Å². The van der Waals surface area contributed by atoms with E-state index < -0.39 is 17.8 Å². The third-order valence-electron chi connectivity index (χ3n) is 4.58. The second-order valence-electron chi connectivity index (χ2n) is 6.67. The molecule has 1 aliphatic heterocycles. The second-order valence-corrected chi connectivity index (χ2v) is 7.72. The molecule has 0 aliphatic carbocycles. The van der Waals surface area contributed by atoms with Gasteiger partial charge in [0, 0.05) is 25.8 Å². The van der Waals surface area contributed by atoms with Crippen LogP contribution in [-0.4, -0.2) is 55.5 Å². The number of fused-ring (bicyclic) bond motifs is 1. The number of hydrogen-bond donors (Lipinski definition) is 1. The van der Waals surface area contributed by atoms with Crippen molar-refractivity contribution in [1.29, 1.82) is 0 Å². The van der Waals surface area contributed by atoms with E-state index in [9.17, 15) is 19.2 Å². The summed E-state index contributed by atoms with van der Waals surface area (Å²) in [5.41, 5.74) is 1.44. The van der Waals surface area contributed by atoms with Crippen LogP contribution in [0.15, 0.2) is 24.3 Å². The van der Waals surface area contributed by atoms with Crippen molar-refractivity contribution < 1.29 is 28.7 Å². The van der Waals surface area contributed by atoms with Crippen LogP contribution in [0, 0.1) is 6.92 Å². The van der Waals surface area contributed by atoms with Gasteiger partial charge >= 0.3 is 5.97 Å². The topological polar surface area (TPSA) is 102 Å². The average molecular weight is 430 g/mol. The van der Waals surface area contributed by atoms with Gasteiger partial charge in [0.1, 0.15) is 4.88 Å². The van der Waals surface area contributed by atoms with Gasteiger partial charge in [-0.25, -0.2) is 4.79 Å². The number of methoxy groups -OCH3 is 1. The lowest BCUT2D eigenvalue weighted by Gasteiger charge is -2.12. The van der Waals surface area contributed by atoms with Crippen LogP contribution in [0.1, 0.15) is 59.7 Å². The van der Waals surface area contributed by atoms with E-state index in [2.05, 4.69) is 5.32 Å². The maximum atomic E-state index is 12.7. The fourth-order valence-corrected chi connectivity index (χ4v) is 4.09. The number of nitrogens with zero attached hydrogens (tertiary/aromatic N) is 1. The highest BCUT2D eigenvalue weighted by Crippen LogP contribution is 2.29. The van der Waals surface area contributed by atoms with E-state index in [4.69, 9.17) is 9.47 Å². The van der Waals surface area contributed by atoms with E-state index in [1.807, 2.05) is 0 Å². The smallest absolute Gasteiger partial charge is 0.348 e. The Morgan fingerprint density at radius 3 is 2.57 bits per heavy atom. The number of ether oxygens (including phenoxy) is 2. The minimum atomic E-state index is -0.437. The van der Waals surface area contributed by atoms with Crippen molar-refractivity contribution in [1.82, 2.24) is 4.90 Å². The van der Waals surface area contributed by atoms with Crippen molar-refractivity contribution in [2.24, 2.45) is 0 Å². The van der Waals surface area contributed by atoms with E-state index in [-0.39, 0.29) is 35.7 Å². The molecule has 0 atom stereocenters. The molecule has 1 N–H and O–H groups in total. The minimum absolute atomic E-state index is 0.208. The molecular formula is C21H22N2O6S. The quantitative estimate of drug-likeness (QED) is 0.392. The zero-order valence-corrected chi connectivity index (χ0v) is 17.8. The van der Waals surface area contributed by atoms with Gasteiger partial charge in [0.2, 0.25) is 0 Å². The molecule has 0 saturated carbocycles.